The van der Waals surface area contributed by atoms with Crippen LogP contribution in [0.2, 0.25) is 0 Å². The quantitative estimate of drug-likeness (QED) is 0.153. The van der Waals surface area contributed by atoms with Gasteiger partial charge in [0.15, 0.2) is 11.5 Å². The topological polar surface area (TPSA) is 81.9 Å². The summed E-state index contributed by atoms with van der Waals surface area (Å²) in [7, 11) is 0. The molecule has 0 atom stereocenters. The van der Waals surface area contributed by atoms with Crippen molar-refractivity contribution in [2.24, 2.45) is 0 Å². The fourth-order valence-electron chi connectivity index (χ4n) is 3.48. The van der Waals surface area contributed by atoms with Gasteiger partial charge in [0.25, 0.3) is 11.6 Å². The second-order valence-corrected chi connectivity index (χ2v) is 9.28. The number of hydrogen-bond donors (Lipinski definition) is 0. The van der Waals surface area contributed by atoms with E-state index < -0.39 is 4.92 Å². The highest BCUT2D eigenvalue weighted by Gasteiger charge is 2.32. The third-order valence-corrected chi connectivity index (χ3v) is 6.52. The highest BCUT2D eigenvalue weighted by Crippen LogP contribution is 2.36. The van der Waals surface area contributed by atoms with Crippen LogP contribution in [0.25, 0.3) is 6.08 Å². The van der Waals surface area contributed by atoms with E-state index in [0.29, 0.717) is 39.4 Å². The largest absolute Gasteiger partial charge is 0.490 e. The van der Waals surface area contributed by atoms with Crippen molar-refractivity contribution in [1.82, 2.24) is 4.90 Å². The first-order chi connectivity index (χ1) is 16.9. The second kappa shape index (κ2) is 11.2. The smallest absolute Gasteiger partial charge is 0.269 e. The van der Waals surface area contributed by atoms with Crippen LogP contribution in [-0.4, -0.2) is 26.7 Å². The van der Waals surface area contributed by atoms with Gasteiger partial charge in [-0.05, 0) is 41.8 Å². The van der Waals surface area contributed by atoms with E-state index >= 15 is 0 Å². The Hall–Kier alpha value is -3.69. The molecule has 0 N–H and O–H groups in total. The van der Waals surface area contributed by atoms with E-state index in [4.69, 9.17) is 21.7 Å². The van der Waals surface area contributed by atoms with Crippen LogP contribution < -0.4 is 9.47 Å². The van der Waals surface area contributed by atoms with Crippen LogP contribution in [0.1, 0.15) is 23.6 Å². The van der Waals surface area contributed by atoms with E-state index in [2.05, 4.69) is 0 Å². The van der Waals surface area contributed by atoms with Crippen molar-refractivity contribution < 1.29 is 19.2 Å². The van der Waals surface area contributed by atoms with Crippen molar-refractivity contribution in [3.8, 4) is 11.5 Å². The van der Waals surface area contributed by atoms with Crippen LogP contribution in [0.5, 0.6) is 11.5 Å². The van der Waals surface area contributed by atoms with Crippen molar-refractivity contribution in [3.63, 3.8) is 0 Å². The molecule has 3 aromatic carbocycles. The first kappa shape index (κ1) is 24.4. The first-order valence-corrected chi connectivity index (χ1v) is 12.1. The molecule has 178 valence electrons. The Morgan fingerprint density at radius 2 is 1.77 bits per heavy atom. The van der Waals surface area contributed by atoms with Crippen LogP contribution in [-0.2, 0) is 17.9 Å². The summed E-state index contributed by atoms with van der Waals surface area (Å²) >= 11 is 6.72. The molecule has 3 aromatic rings. The maximum Gasteiger partial charge on any atom is 0.269 e. The summed E-state index contributed by atoms with van der Waals surface area (Å²) in [4.78, 5) is 25.7. The van der Waals surface area contributed by atoms with Crippen LogP contribution in [0, 0.1) is 10.1 Å². The van der Waals surface area contributed by atoms with Gasteiger partial charge in [0, 0.05) is 12.1 Å². The number of carbonyl (C=O) groups is 1. The Kier molecular flexibility index (Phi) is 7.79. The number of nitro groups is 1. The highest BCUT2D eigenvalue weighted by atomic mass is 32.2. The zero-order chi connectivity index (χ0) is 24.8. The summed E-state index contributed by atoms with van der Waals surface area (Å²) in [6.07, 6.45) is 1.79. The van der Waals surface area contributed by atoms with Crippen molar-refractivity contribution in [1.29, 1.82) is 0 Å². The van der Waals surface area contributed by atoms with Crippen molar-refractivity contribution in [2.45, 2.75) is 20.1 Å². The van der Waals surface area contributed by atoms with Gasteiger partial charge in [-0.3, -0.25) is 19.8 Å². The number of carbonyl (C=O) groups excluding carboxylic acids is 1. The summed E-state index contributed by atoms with van der Waals surface area (Å²) in [6.45, 7) is 2.87. The summed E-state index contributed by atoms with van der Waals surface area (Å²) in [5.41, 5.74) is 2.47. The van der Waals surface area contributed by atoms with Crippen LogP contribution in [0.4, 0.5) is 5.69 Å². The molecule has 35 heavy (non-hydrogen) atoms. The number of non-ortho nitro benzene ring substituents is 1. The van der Waals surface area contributed by atoms with E-state index in [0.717, 1.165) is 11.1 Å². The molecule has 0 bridgehead atoms. The Morgan fingerprint density at radius 1 is 1.00 bits per heavy atom. The molecule has 1 heterocycles. The van der Waals surface area contributed by atoms with Crippen LogP contribution in [0.15, 0.2) is 77.7 Å². The molecule has 1 aliphatic heterocycles. The predicted octanol–water partition coefficient (Wildman–Crippen LogP) is 5.97. The number of thiocarbonyl (C=S) groups is 1. The van der Waals surface area contributed by atoms with Crippen molar-refractivity contribution in [2.75, 3.05) is 6.61 Å². The number of amides is 1. The molecule has 0 spiro atoms. The molecule has 1 saturated heterocycles. The molecular formula is C26H22N2O5S2. The van der Waals surface area contributed by atoms with E-state index in [9.17, 15) is 14.9 Å². The number of nitro benzene ring substituents is 1. The standard InChI is InChI=1S/C26H22N2O5S2/c1-2-32-23-14-19(11-12-22(23)33-17-20-9-6-10-21(13-20)28(30)31)15-24-25(29)27(26(34)35-24)16-18-7-4-3-5-8-18/h3-15H,2,16-17H2,1H3. The maximum atomic E-state index is 13.0. The van der Waals surface area contributed by atoms with Crippen LogP contribution >= 0.6 is 24.0 Å². The third-order valence-electron chi connectivity index (χ3n) is 5.14. The Bertz CT molecular complexity index is 1290. The fraction of sp³-hybridized carbons (Fsp3) is 0.154. The van der Waals surface area contributed by atoms with E-state index in [1.807, 2.05) is 43.3 Å². The number of thioether (sulfide) groups is 1. The Morgan fingerprint density at radius 3 is 2.51 bits per heavy atom. The minimum absolute atomic E-state index is 0.0102. The average molecular weight is 507 g/mol. The molecule has 0 radical (unpaired) electrons. The van der Waals surface area contributed by atoms with Gasteiger partial charge in [0.05, 0.1) is 23.0 Å². The molecule has 1 fully saturated rings. The van der Waals surface area contributed by atoms with E-state index in [-0.39, 0.29) is 18.2 Å². The van der Waals surface area contributed by atoms with Gasteiger partial charge < -0.3 is 9.47 Å². The lowest BCUT2D eigenvalue weighted by Crippen LogP contribution is -2.27. The number of benzene rings is 3. The molecular weight excluding hydrogens is 484 g/mol. The summed E-state index contributed by atoms with van der Waals surface area (Å²) in [5.74, 6) is 0.895. The average Bonchev–Trinajstić information content (AvgIpc) is 3.12. The number of ether oxygens (including phenoxy) is 2. The Balaban J connectivity index is 1.50. The monoisotopic (exact) mass is 506 g/mol. The summed E-state index contributed by atoms with van der Waals surface area (Å²) < 4.78 is 12.2. The molecule has 0 unspecified atom stereocenters. The zero-order valence-corrected chi connectivity index (χ0v) is 20.5. The molecule has 0 aliphatic carbocycles. The van der Waals surface area contributed by atoms with Gasteiger partial charge in [0.1, 0.15) is 10.9 Å². The van der Waals surface area contributed by atoms with Crippen LogP contribution in [0.3, 0.4) is 0 Å². The Labute approximate surface area is 212 Å². The van der Waals surface area contributed by atoms with E-state index in [1.54, 1.807) is 35.2 Å². The number of hydrogen-bond acceptors (Lipinski definition) is 7. The third kappa shape index (κ3) is 6.06. The van der Waals surface area contributed by atoms with Crippen molar-refractivity contribution >= 4 is 46.0 Å². The lowest BCUT2D eigenvalue weighted by Gasteiger charge is -2.14. The number of rotatable bonds is 9. The van der Waals surface area contributed by atoms with Crippen molar-refractivity contribution in [3.05, 3.63) is 105 Å². The zero-order valence-electron chi connectivity index (χ0n) is 18.9. The predicted molar refractivity (Wildman–Crippen MR) is 140 cm³/mol. The normalized spacial score (nSPS) is 14.4. The lowest BCUT2D eigenvalue weighted by atomic mass is 10.1. The lowest BCUT2D eigenvalue weighted by molar-refractivity contribution is -0.384. The minimum Gasteiger partial charge on any atom is -0.490 e. The van der Waals surface area contributed by atoms with Gasteiger partial charge in [-0.1, -0.05) is 72.5 Å². The molecule has 7 nitrogen and oxygen atoms in total. The van der Waals surface area contributed by atoms with Gasteiger partial charge in [-0.15, -0.1) is 0 Å². The minimum atomic E-state index is -0.438. The van der Waals surface area contributed by atoms with E-state index in [1.165, 1.54) is 23.9 Å². The fourth-order valence-corrected chi connectivity index (χ4v) is 4.73. The molecule has 1 amide bonds. The summed E-state index contributed by atoms with van der Waals surface area (Å²) in [6, 6.07) is 21.4. The number of nitrogens with zero attached hydrogens (tertiary/aromatic N) is 2. The van der Waals surface area contributed by atoms with Gasteiger partial charge in [-0.25, -0.2) is 0 Å². The van der Waals surface area contributed by atoms with Gasteiger partial charge >= 0.3 is 0 Å². The molecule has 9 heteroatoms. The SMILES string of the molecule is CCOc1cc(C=C2SC(=S)N(Cc3ccccc3)C2=O)ccc1OCc1cccc([N+](=O)[O-])c1. The maximum absolute atomic E-state index is 13.0. The highest BCUT2D eigenvalue weighted by molar-refractivity contribution is 8.26. The summed E-state index contributed by atoms with van der Waals surface area (Å²) in [5, 5.41) is 11.0. The molecule has 1 aliphatic rings. The van der Waals surface area contributed by atoms with Gasteiger partial charge in [-0.2, -0.15) is 0 Å². The van der Waals surface area contributed by atoms with Gasteiger partial charge in [0.2, 0.25) is 0 Å². The molecule has 0 aromatic heterocycles. The molecule has 0 saturated carbocycles. The first-order valence-electron chi connectivity index (χ1n) is 10.9. The molecule has 4 rings (SSSR count). The second-order valence-electron chi connectivity index (χ2n) is 7.61.